The zero-order valence-corrected chi connectivity index (χ0v) is 12.0. The van der Waals surface area contributed by atoms with Gasteiger partial charge in [0.05, 0.1) is 6.10 Å². The minimum Gasteiger partial charge on any atom is -0.376 e. The zero-order valence-electron chi connectivity index (χ0n) is 11.2. The predicted octanol–water partition coefficient (Wildman–Crippen LogP) is 2.81. The molecule has 0 radical (unpaired) electrons. The van der Waals surface area contributed by atoms with Crippen molar-refractivity contribution in [2.24, 2.45) is 5.92 Å². The van der Waals surface area contributed by atoms with Crippen LogP contribution in [0.15, 0.2) is 0 Å². The smallest absolute Gasteiger partial charge is 0.237 e. The van der Waals surface area contributed by atoms with Gasteiger partial charge in [0.15, 0.2) is 0 Å². The number of alkyl halides is 1. The van der Waals surface area contributed by atoms with E-state index in [0.29, 0.717) is 6.04 Å². The highest BCUT2D eigenvalue weighted by molar-refractivity contribution is 6.27. The molecular weight excluding hydrogens is 250 g/mol. The van der Waals surface area contributed by atoms with Crippen molar-refractivity contribution in [3.8, 4) is 0 Å². The summed E-state index contributed by atoms with van der Waals surface area (Å²) < 4.78 is 5.65. The molecule has 2 rings (SSSR count). The topological polar surface area (TPSA) is 29.5 Å². The Morgan fingerprint density at radius 1 is 1.28 bits per heavy atom. The van der Waals surface area contributed by atoms with Crippen LogP contribution in [-0.2, 0) is 9.53 Å². The molecule has 0 N–H and O–H groups in total. The molecule has 0 aromatic heterocycles. The monoisotopic (exact) mass is 273 g/mol. The molecule has 1 saturated carbocycles. The molecule has 0 aromatic rings. The second-order valence-electron chi connectivity index (χ2n) is 5.73. The van der Waals surface area contributed by atoms with E-state index >= 15 is 0 Å². The number of halogens is 1. The van der Waals surface area contributed by atoms with Gasteiger partial charge in [-0.2, -0.15) is 0 Å². The molecule has 2 fully saturated rings. The van der Waals surface area contributed by atoms with Gasteiger partial charge in [-0.25, -0.2) is 0 Å². The first-order chi connectivity index (χ1) is 8.70. The lowest BCUT2D eigenvalue weighted by molar-refractivity contribution is -0.133. The maximum absolute atomic E-state index is 12.0. The van der Waals surface area contributed by atoms with E-state index in [1.54, 1.807) is 0 Å². The van der Waals surface area contributed by atoms with Crippen LogP contribution in [0.2, 0.25) is 0 Å². The van der Waals surface area contributed by atoms with Crippen LogP contribution in [0.3, 0.4) is 0 Å². The Bertz CT molecular complexity index is 271. The molecule has 18 heavy (non-hydrogen) atoms. The molecule has 1 unspecified atom stereocenters. The molecule has 3 nitrogen and oxygen atoms in total. The number of amides is 1. The fourth-order valence-corrected chi connectivity index (χ4v) is 3.25. The van der Waals surface area contributed by atoms with E-state index in [2.05, 4.69) is 6.92 Å². The van der Waals surface area contributed by atoms with Crippen LogP contribution < -0.4 is 0 Å². The standard InChI is InChI=1S/C14H24ClNO2/c1-11-4-6-12(7-5-11)16(14(17)9-15)10-13-3-2-8-18-13/h11-13H,2-10H2,1H3. The van der Waals surface area contributed by atoms with Crippen molar-refractivity contribution in [1.29, 1.82) is 0 Å². The quantitative estimate of drug-likeness (QED) is 0.737. The summed E-state index contributed by atoms with van der Waals surface area (Å²) in [5, 5.41) is 0. The molecule has 1 amide bonds. The van der Waals surface area contributed by atoms with Gasteiger partial charge in [-0.15, -0.1) is 11.6 Å². The molecule has 4 heteroatoms. The number of ether oxygens (including phenoxy) is 1. The average molecular weight is 274 g/mol. The first-order valence-corrected chi connectivity index (χ1v) is 7.71. The molecule has 0 bridgehead atoms. The Morgan fingerprint density at radius 2 is 2.00 bits per heavy atom. The van der Waals surface area contributed by atoms with Crippen LogP contribution in [0.4, 0.5) is 0 Å². The van der Waals surface area contributed by atoms with Crippen molar-refractivity contribution in [2.45, 2.75) is 57.6 Å². The van der Waals surface area contributed by atoms with Gasteiger partial charge in [0.2, 0.25) is 5.91 Å². The van der Waals surface area contributed by atoms with Gasteiger partial charge >= 0.3 is 0 Å². The lowest BCUT2D eigenvalue weighted by Crippen LogP contribution is -2.46. The number of hydrogen-bond acceptors (Lipinski definition) is 2. The third kappa shape index (κ3) is 3.61. The van der Waals surface area contributed by atoms with Gasteiger partial charge in [0, 0.05) is 19.2 Å². The molecule has 104 valence electrons. The predicted molar refractivity (Wildman–Crippen MR) is 72.8 cm³/mol. The number of carbonyl (C=O) groups is 1. The van der Waals surface area contributed by atoms with E-state index in [4.69, 9.17) is 16.3 Å². The van der Waals surface area contributed by atoms with Crippen molar-refractivity contribution in [3.63, 3.8) is 0 Å². The van der Waals surface area contributed by atoms with Crippen molar-refractivity contribution in [1.82, 2.24) is 4.90 Å². The molecule has 2 aliphatic rings. The summed E-state index contributed by atoms with van der Waals surface area (Å²) in [5.74, 6) is 0.974. The van der Waals surface area contributed by atoms with Crippen LogP contribution in [0, 0.1) is 5.92 Å². The van der Waals surface area contributed by atoms with Gasteiger partial charge in [-0.1, -0.05) is 6.92 Å². The minimum absolute atomic E-state index is 0.0757. The second kappa shape index (κ2) is 6.76. The van der Waals surface area contributed by atoms with Crippen molar-refractivity contribution in [3.05, 3.63) is 0 Å². The lowest BCUT2D eigenvalue weighted by atomic mass is 9.86. The summed E-state index contributed by atoms with van der Waals surface area (Å²) in [6, 6.07) is 0.386. The summed E-state index contributed by atoms with van der Waals surface area (Å²) >= 11 is 5.75. The molecule has 0 spiro atoms. The summed E-state index contributed by atoms with van der Waals surface area (Å²) in [4.78, 5) is 14.0. The zero-order chi connectivity index (χ0) is 13.0. The van der Waals surface area contributed by atoms with E-state index < -0.39 is 0 Å². The fourth-order valence-electron chi connectivity index (χ4n) is 3.09. The van der Waals surface area contributed by atoms with Gasteiger partial charge < -0.3 is 9.64 Å². The highest BCUT2D eigenvalue weighted by Crippen LogP contribution is 2.28. The van der Waals surface area contributed by atoms with Gasteiger partial charge in [0.25, 0.3) is 0 Å². The molecule has 1 heterocycles. The second-order valence-corrected chi connectivity index (χ2v) is 6.00. The summed E-state index contributed by atoms with van der Waals surface area (Å²) in [6.45, 7) is 3.88. The Hall–Kier alpha value is -0.280. The molecule has 1 atom stereocenters. The Labute approximate surface area is 115 Å². The van der Waals surface area contributed by atoms with E-state index in [9.17, 15) is 4.79 Å². The molecule has 1 aliphatic carbocycles. The summed E-state index contributed by atoms with van der Waals surface area (Å²) in [6.07, 6.45) is 7.12. The maximum Gasteiger partial charge on any atom is 0.237 e. The third-order valence-corrected chi connectivity index (χ3v) is 4.51. The normalized spacial score (nSPS) is 32.4. The number of carbonyl (C=O) groups excluding carboxylic acids is 1. The van der Waals surface area contributed by atoms with Crippen LogP contribution in [0.5, 0.6) is 0 Å². The van der Waals surface area contributed by atoms with E-state index in [0.717, 1.165) is 44.8 Å². The van der Waals surface area contributed by atoms with E-state index in [-0.39, 0.29) is 17.9 Å². The Morgan fingerprint density at radius 3 is 2.56 bits per heavy atom. The van der Waals surface area contributed by atoms with Crippen LogP contribution >= 0.6 is 11.6 Å². The fraction of sp³-hybridized carbons (Fsp3) is 0.929. The number of hydrogen-bond donors (Lipinski definition) is 0. The van der Waals surface area contributed by atoms with Gasteiger partial charge in [-0.05, 0) is 44.4 Å². The van der Waals surface area contributed by atoms with Crippen LogP contribution in [-0.4, -0.2) is 42.0 Å². The average Bonchev–Trinajstić information content (AvgIpc) is 2.89. The number of nitrogens with zero attached hydrogens (tertiary/aromatic N) is 1. The molecule has 1 aliphatic heterocycles. The van der Waals surface area contributed by atoms with Gasteiger partial charge in [-0.3, -0.25) is 4.79 Å². The summed E-state index contributed by atoms with van der Waals surface area (Å²) in [5.41, 5.74) is 0. The first kappa shape index (κ1) is 14.1. The lowest BCUT2D eigenvalue weighted by Gasteiger charge is -2.37. The SMILES string of the molecule is CC1CCC(N(CC2CCCO2)C(=O)CCl)CC1. The number of rotatable bonds is 4. The van der Waals surface area contributed by atoms with E-state index in [1.807, 2.05) is 4.90 Å². The molecule has 0 aromatic carbocycles. The first-order valence-electron chi connectivity index (χ1n) is 7.17. The maximum atomic E-state index is 12.0. The van der Waals surface area contributed by atoms with Crippen LogP contribution in [0.1, 0.15) is 45.4 Å². The Balaban J connectivity index is 1.93. The van der Waals surface area contributed by atoms with Gasteiger partial charge in [0.1, 0.15) is 5.88 Å². The third-order valence-electron chi connectivity index (χ3n) is 4.29. The largest absolute Gasteiger partial charge is 0.376 e. The van der Waals surface area contributed by atoms with Crippen LogP contribution in [0.25, 0.3) is 0 Å². The highest BCUT2D eigenvalue weighted by Gasteiger charge is 2.30. The Kier molecular flexibility index (Phi) is 5.31. The minimum atomic E-state index is 0.0757. The van der Waals surface area contributed by atoms with Crippen molar-refractivity contribution < 1.29 is 9.53 Å². The van der Waals surface area contributed by atoms with E-state index in [1.165, 1.54) is 12.8 Å². The van der Waals surface area contributed by atoms with Crippen molar-refractivity contribution in [2.75, 3.05) is 19.0 Å². The summed E-state index contributed by atoms with van der Waals surface area (Å²) in [7, 11) is 0. The van der Waals surface area contributed by atoms with Crippen molar-refractivity contribution >= 4 is 17.5 Å². The molecular formula is C14H24ClNO2. The molecule has 1 saturated heterocycles. The highest BCUT2D eigenvalue weighted by atomic mass is 35.5.